The third-order valence-corrected chi connectivity index (χ3v) is 4.64. The van der Waals surface area contributed by atoms with Crippen molar-refractivity contribution in [1.29, 1.82) is 0 Å². The van der Waals surface area contributed by atoms with E-state index >= 15 is 0 Å². The van der Waals surface area contributed by atoms with Crippen LogP contribution in [0, 0.1) is 6.92 Å². The van der Waals surface area contributed by atoms with Crippen LogP contribution in [0.2, 0.25) is 0 Å². The van der Waals surface area contributed by atoms with Gasteiger partial charge in [0.05, 0.1) is 24.5 Å². The van der Waals surface area contributed by atoms with Crippen molar-refractivity contribution in [2.24, 2.45) is 5.73 Å². The van der Waals surface area contributed by atoms with Gasteiger partial charge in [-0.25, -0.2) is 4.98 Å². The summed E-state index contributed by atoms with van der Waals surface area (Å²) in [5.41, 5.74) is 6.76. The van der Waals surface area contributed by atoms with Gasteiger partial charge in [0.15, 0.2) is 0 Å². The number of rotatable bonds is 9. The maximum absolute atomic E-state index is 12.3. The van der Waals surface area contributed by atoms with Crippen molar-refractivity contribution in [2.45, 2.75) is 11.8 Å². The summed E-state index contributed by atoms with van der Waals surface area (Å²) in [4.78, 5) is 41.8. The third kappa shape index (κ3) is 7.37. The third-order valence-electron chi connectivity index (χ3n) is 3.54. The van der Waals surface area contributed by atoms with Gasteiger partial charge in [0.25, 0.3) is 0 Å². The number of likely N-dealkylation sites (N-methyl/N-ethyl adjacent to an activating group) is 1. The molecule has 0 aliphatic rings. The first kappa shape index (κ1) is 21.4. The van der Waals surface area contributed by atoms with Gasteiger partial charge in [-0.3, -0.25) is 19.3 Å². The number of nitrogens with one attached hydrogen (secondary N) is 2. The SMILES string of the molecule is Cc1ccnc(NC(=O)CN(C)CC(=O)Nc2ccccc2SCC(N)=O)c1. The lowest BCUT2D eigenvalue weighted by molar-refractivity contribution is -0.119. The number of carbonyl (C=O) groups is 3. The molecule has 0 atom stereocenters. The Balaban J connectivity index is 1.85. The van der Waals surface area contributed by atoms with E-state index in [2.05, 4.69) is 15.6 Å². The number of amides is 3. The van der Waals surface area contributed by atoms with Gasteiger partial charge in [-0.15, -0.1) is 11.8 Å². The first-order chi connectivity index (χ1) is 13.3. The summed E-state index contributed by atoms with van der Waals surface area (Å²) in [7, 11) is 1.68. The van der Waals surface area contributed by atoms with Crippen LogP contribution < -0.4 is 16.4 Å². The Labute approximate surface area is 167 Å². The Bertz CT molecular complexity index is 859. The molecule has 1 heterocycles. The molecule has 0 unspecified atom stereocenters. The minimum atomic E-state index is -0.431. The van der Waals surface area contributed by atoms with Crippen molar-refractivity contribution in [3.8, 4) is 0 Å². The zero-order valence-corrected chi connectivity index (χ0v) is 16.6. The number of benzene rings is 1. The average Bonchev–Trinajstić information content (AvgIpc) is 2.60. The number of nitrogens with zero attached hydrogens (tertiary/aromatic N) is 2. The van der Waals surface area contributed by atoms with Gasteiger partial charge in [-0.1, -0.05) is 12.1 Å². The number of pyridine rings is 1. The second kappa shape index (κ2) is 10.4. The van der Waals surface area contributed by atoms with Crippen LogP contribution in [0.4, 0.5) is 11.5 Å². The Morgan fingerprint density at radius 2 is 1.79 bits per heavy atom. The molecule has 4 N–H and O–H groups in total. The molecule has 0 aliphatic carbocycles. The van der Waals surface area contributed by atoms with Gasteiger partial charge in [0.1, 0.15) is 5.82 Å². The summed E-state index contributed by atoms with van der Waals surface area (Å²) in [5, 5.41) is 5.50. The van der Waals surface area contributed by atoms with E-state index in [4.69, 9.17) is 5.73 Å². The molecule has 3 amide bonds. The molecule has 28 heavy (non-hydrogen) atoms. The standard InChI is InChI=1S/C19H23N5O3S/c1-13-7-8-21-17(9-13)23-19(27)11-24(2)10-18(26)22-14-5-3-4-6-15(14)28-12-16(20)25/h3-9H,10-12H2,1-2H3,(H2,20,25)(H,22,26)(H,21,23,27). The molecule has 1 aromatic carbocycles. The second-order valence-corrected chi connectivity index (χ2v) is 7.26. The van der Waals surface area contributed by atoms with Gasteiger partial charge >= 0.3 is 0 Å². The first-order valence-corrected chi connectivity index (χ1v) is 9.53. The lowest BCUT2D eigenvalue weighted by Crippen LogP contribution is -2.36. The van der Waals surface area contributed by atoms with Gasteiger partial charge in [0, 0.05) is 11.1 Å². The quantitative estimate of drug-likeness (QED) is 0.548. The van der Waals surface area contributed by atoms with E-state index in [1.807, 2.05) is 19.1 Å². The molecular formula is C19H23N5O3S. The molecule has 8 nitrogen and oxygen atoms in total. The summed E-state index contributed by atoms with van der Waals surface area (Å²) >= 11 is 1.26. The second-order valence-electron chi connectivity index (χ2n) is 6.24. The zero-order chi connectivity index (χ0) is 20.5. The highest BCUT2D eigenvalue weighted by Crippen LogP contribution is 2.26. The molecule has 9 heteroatoms. The van der Waals surface area contributed by atoms with Crippen LogP contribution in [0.5, 0.6) is 0 Å². The number of aromatic nitrogens is 1. The molecule has 0 saturated carbocycles. The molecule has 148 valence electrons. The highest BCUT2D eigenvalue weighted by molar-refractivity contribution is 8.00. The van der Waals surface area contributed by atoms with Crippen molar-refractivity contribution >= 4 is 41.0 Å². The maximum atomic E-state index is 12.3. The molecule has 0 saturated heterocycles. The Morgan fingerprint density at radius 3 is 2.46 bits per heavy atom. The van der Waals surface area contributed by atoms with E-state index < -0.39 is 5.91 Å². The molecule has 0 bridgehead atoms. The molecule has 0 spiro atoms. The number of nitrogens with two attached hydrogens (primary N) is 1. The predicted molar refractivity (Wildman–Crippen MR) is 110 cm³/mol. The average molecular weight is 401 g/mol. The molecule has 0 fully saturated rings. The predicted octanol–water partition coefficient (Wildman–Crippen LogP) is 1.48. The normalized spacial score (nSPS) is 10.5. The number of primary amides is 1. The number of hydrogen-bond acceptors (Lipinski definition) is 6. The van der Waals surface area contributed by atoms with Crippen molar-refractivity contribution in [1.82, 2.24) is 9.88 Å². The number of anilines is 2. The highest BCUT2D eigenvalue weighted by Gasteiger charge is 2.13. The van der Waals surface area contributed by atoms with Crippen LogP contribution in [0.1, 0.15) is 5.56 Å². The van der Waals surface area contributed by atoms with E-state index in [1.54, 1.807) is 42.4 Å². The Morgan fingerprint density at radius 1 is 1.11 bits per heavy atom. The Hall–Kier alpha value is -2.91. The lowest BCUT2D eigenvalue weighted by atomic mass is 10.3. The first-order valence-electron chi connectivity index (χ1n) is 8.54. The molecule has 0 aliphatic heterocycles. The van der Waals surface area contributed by atoms with Crippen LogP contribution >= 0.6 is 11.8 Å². The summed E-state index contributed by atoms with van der Waals surface area (Å²) < 4.78 is 0. The summed E-state index contributed by atoms with van der Waals surface area (Å²) in [6.07, 6.45) is 1.62. The number of carbonyl (C=O) groups excluding carboxylic acids is 3. The highest BCUT2D eigenvalue weighted by atomic mass is 32.2. The minimum absolute atomic E-state index is 0.0312. The fourth-order valence-corrected chi connectivity index (χ4v) is 3.11. The van der Waals surface area contributed by atoms with E-state index in [1.165, 1.54) is 11.8 Å². The van der Waals surface area contributed by atoms with E-state index in [9.17, 15) is 14.4 Å². The van der Waals surface area contributed by atoms with Crippen LogP contribution in [-0.4, -0.2) is 53.5 Å². The largest absolute Gasteiger partial charge is 0.369 e. The zero-order valence-electron chi connectivity index (χ0n) is 15.8. The maximum Gasteiger partial charge on any atom is 0.239 e. The number of thioether (sulfide) groups is 1. The van der Waals surface area contributed by atoms with Crippen LogP contribution in [0.3, 0.4) is 0 Å². The van der Waals surface area contributed by atoms with Crippen LogP contribution in [-0.2, 0) is 14.4 Å². The van der Waals surface area contributed by atoms with E-state index in [-0.39, 0.29) is 30.7 Å². The molecular weight excluding hydrogens is 378 g/mol. The number of aryl methyl sites for hydroxylation is 1. The van der Waals surface area contributed by atoms with Gasteiger partial charge < -0.3 is 16.4 Å². The Kier molecular flexibility index (Phi) is 7.97. The molecule has 2 aromatic rings. The van der Waals surface area contributed by atoms with Crippen LogP contribution in [0.15, 0.2) is 47.5 Å². The summed E-state index contributed by atoms with van der Waals surface area (Å²) in [6.45, 7) is 1.98. The molecule has 1 aromatic heterocycles. The topological polar surface area (TPSA) is 117 Å². The smallest absolute Gasteiger partial charge is 0.239 e. The fraction of sp³-hybridized carbons (Fsp3) is 0.263. The summed E-state index contributed by atoms with van der Waals surface area (Å²) in [5.74, 6) is -0.356. The van der Waals surface area contributed by atoms with Crippen molar-refractivity contribution < 1.29 is 14.4 Å². The molecule has 0 radical (unpaired) electrons. The van der Waals surface area contributed by atoms with Gasteiger partial charge in [-0.2, -0.15) is 0 Å². The van der Waals surface area contributed by atoms with Crippen molar-refractivity contribution in [3.05, 3.63) is 48.2 Å². The number of para-hydroxylation sites is 1. The number of hydrogen-bond donors (Lipinski definition) is 3. The lowest BCUT2D eigenvalue weighted by Gasteiger charge is -2.17. The van der Waals surface area contributed by atoms with Crippen molar-refractivity contribution in [3.63, 3.8) is 0 Å². The fourth-order valence-electron chi connectivity index (χ4n) is 2.37. The van der Waals surface area contributed by atoms with Gasteiger partial charge in [0.2, 0.25) is 17.7 Å². The summed E-state index contributed by atoms with van der Waals surface area (Å²) in [6, 6.07) is 10.8. The van der Waals surface area contributed by atoms with E-state index in [0.29, 0.717) is 11.5 Å². The van der Waals surface area contributed by atoms with E-state index in [0.717, 1.165) is 10.5 Å². The minimum Gasteiger partial charge on any atom is -0.369 e. The monoisotopic (exact) mass is 401 g/mol. The van der Waals surface area contributed by atoms with Gasteiger partial charge in [-0.05, 0) is 43.8 Å². The molecule has 2 rings (SSSR count). The van der Waals surface area contributed by atoms with Crippen LogP contribution in [0.25, 0.3) is 0 Å². The van der Waals surface area contributed by atoms with Crippen molar-refractivity contribution in [2.75, 3.05) is 36.5 Å².